The van der Waals surface area contributed by atoms with Crippen LogP contribution in [0.2, 0.25) is 0 Å². The molecule has 29 heavy (non-hydrogen) atoms. The second-order valence-electron chi connectivity index (χ2n) is 9.16. The Balaban J connectivity index is 1.62. The van der Waals surface area contributed by atoms with Gasteiger partial charge in [-0.3, -0.25) is 4.79 Å². The molecule has 170 valence electrons. The smallest absolute Gasteiger partial charge is 0.305 e. The van der Waals surface area contributed by atoms with E-state index < -0.39 is 0 Å². The van der Waals surface area contributed by atoms with Gasteiger partial charge in [-0.15, -0.1) is 0 Å². The third kappa shape index (κ3) is 11.9. The van der Waals surface area contributed by atoms with Crippen LogP contribution in [-0.2, 0) is 28.5 Å². The Hall–Kier alpha value is -0.690. The summed E-state index contributed by atoms with van der Waals surface area (Å²) in [6.07, 6.45) is 8.84. The molecule has 2 saturated heterocycles. The first-order chi connectivity index (χ1) is 14.0. The topological polar surface area (TPSA) is 69.8 Å². The van der Waals surface area contributed by atoms with Gasteiger partial charge in [-0.05, 0) is 18.8 Å². The van der Waals surface area contributed by atoms with Crippen molar-refractivity contribution in [1.82, 2.24) is 0 Å². The van der Waals surface area contributed by atoms with Gasteiger partial charge in [0.1, 0.15) is 18.8 Å². The van der Waals surface area contributed by atoms with Gasteiger partial charge in [0, 0.05) is 6.42 Å². The van der Waals surface area contributed by atoms with Gasteiger partial charge in [0.2, 0.25) is 0 Å². The van der Waals surface area contributed by atoms with E-state index in [2.05, 4.69) is 20.8 Å². The number of epoxide rings is 2. The number of hydrogen-bond donors (Lipinski definition) is 0. The molecule has 6 nitrogen and oxygen atoms in total. The van der Waals surface area contributed by atoms with Crippen molar-refractivity contribution in [3.05, 3.63) is 0 Å². The van der Waals surface area contributed by atoms with E-state index in [9.17, 15) is 4.79 Å². The minimum Gasteiger partial charge on any atom is -0.465 e. The number of rotatable bonds is 19. The molecular weight excluding hydrogens is 372 g/mol. The molecule has 2 fully saturated rings. The molecule has 0 bridgehead atoms. The van der Waals surface area contributed by atoms with Crippen molar-refractivity contribution in [3.8, 4) is 0 Å². The molecule has 0 saturated carbocycles. The summed E-state index contributed by atoms with van der Waals surface area (Å²) < 4.78 is 27.7. The standard InChI is InChI=1S/C23H42O6/c1-4-23(16-25-12-20-14-27-20,17-26-13-21-15-28-21)18-29-22(24)11-9-7-5-6-8-10-19(2)3/h19-21H,4-18H2,1-3H3. The molecule has 2 heterocycles. The van der Waals surface area contributed by atoms with Crippen LogP contribution in [0.4, 0.5) is 0 Å². The minimum atomic E-state index is -0.309. The highest BCUT2D eigenvalue weighted by Crippen LogP contribution is 2.26. The zero-order valence-electron chi connectivity index (χ0n) is 18.8. The van der Waals surface area contributed by atoms with E-state index >= 15 is 0 Å². The summed E-state index contributed by atoms with van der Waals surface area (Å²) in [5, 5.41) is 0. The lowest BCUT2D eigenvalue weighted by atomic mass is 9.88. The maximum atomic E-state index is 12.2. The van der Waals surface area contributed by atoms with Crippen LogP contribution < -0.4 is 0 Å². The van der Waals surface area contributed by atoms with Gasteiger partial charge in [-0.1, -0.05) is 52.9 Å². The van der Waals surface area contributed by atoms with Crippen LogP contribution in [-0.4, -0.2) is 64.4 Å². The van der Waals surface area contributed by atoms with Crippen molar-refractivity contribution >= 4 is 5.97 Å². The van der Waals surface area contributed by atoms with Gasteiger partial charge in [0.25, 0.3) is 0 Å². The molecule has 0 aromatic heterocycles. The van der Waals surface area contributed by atoms with E-state index in [0.29, 0.717) is 39.5 Å². The zero-order chi connectivity index (χ0) is 21.0. The van der Waals surface area contributed by atoms with Crippen molar-refractivity contribution in [3.63, 3.8) is 0 Å². The lowest BCUT2D eigenvalue weighted by Gasteiger charge is -2.31. The third-order valence-corrected chi connectivity index (χ3v) is 5.68. The third-order valence-electron chi connectivity index (χ3n) is 5.68. The predicted octanol–water partition coefficient (Wildman–Crippen LogP) is 4.14. The fourth-order valence-corrected chi connectivity index (χ4v) is 3.23. The summed E-state index contributed by atoms with van der Waals surface area (Å²) >= 11 is 0. The van der Waals surface area contributed by atoms with Crippen molar-refractivity contribution in [1.29, 1.82) is 0 Å². The molecule has 0 aliphatic carbocycles. The number of esters is 1. The highest BCUT2D eigenvalue weighted by molar-refractivity contribution is 5.69. The van der Waals surface area contributed by atoms with Crippen molar-refractivity contribution in [2.45, 2.75) is 84.3 Å². The quantitative estimate of drug-likeness (QED) is 0.180. The predicted molar refractivity (Wildman–Crippen MR) is 112 cm³/mol. The fraction of sp³-hybridized carbons (Fsp3) is 0.957. The molecular formula is C23H42O6. The number of carbonyl (C=O) groups is 1. The Morgan fingerprint density at radius 3 is 2.00 bits per heavy atom. The SMILES string of the molecule is CCC(COCC1CO1)(COCC1CO1)COC(=O)CCCCCCCC(C)C. The average Bonchev–Trinajstić information content (AvgIpc) is 3.60. The van der Waals surface area contributed by atoms with E-state index in [1.165, 1.54) is 25.7 Å². The fourth-order valence-electron chi connectivity index (χ4n) is 3.23. The second kappa shape index (κ2) is 13.6. The zero-order valence-corrected chi connectivity index (χ0v) is 18.8. The lowest BCUT2D eigenvalue weighted by molar-refractivity contribution is -0.152. The second-order valence-corrected chi connectivity index (χ2v) is 9.16. The minimum absolute atomic E-state index is 0.110. The molecule has 2 rings (SSSR count). The van der Waals surface area contributed by atoms with E-state index in [4.69, 9.17) is 23.7 Å². The monoisotopic (exact) mass is 414 g/mol. The number of unbranched alkanes of at least 4 members (excludes halogenated alkanes) is 4. The highest BCUT2D eigenvalue weighted by Gasteiger charge is 2.34. The van der Waals surface area contributed by atoms with Gasteiger partial charge in [-0.2, -0.15) is 0 Å². The molecule has 0 aromatic carbocycles. The summed E-state index contributed by atoms with van der Waals surface area (Å²) in [5.41, 5.74) is -0.309. The van der Waals surface area contributed by atoms with E-state index in [0.717, 1.165) is 38.4 Å². The largest absolute Gasteiger partial charge is 0.465 e. The molecule has 2 aliphatic rings. The molecule has 0 spiro atoms. The molecule has 0 N–H and O–H groups in total. The van der Waals surface area contributed by atoms with Gasteiger partial charge >= 0.3 is 5.97 Å². The normalized spacial score (nSPS) is 22.5. The molecule has 2 unspecified atom stereocenters. The van der Waals surface area contributed by atoms with Crippen molar-refractivity contribution in [2.75, 3.05) is 46.2 Å². The van der Waals surface area contributed by atoms with Gasteiger partial charge in [0.05, 0.1) is 45.1 Å². The van der Waals surface area contributed by atoms with Crippen LogP contribution in [0.3, 0.4) is 0 Å². The summed E-state index contributed by atoms with van der Waals surface area (Å²) in [5.74, 6) is 0.673. The Labute approximate surface area is 176 Å². The molecule has 0 aromatic rings. The summed E-state index contributed by atoms with van der Waals surface area (Å²) in [7, 11) is 0. The maximum Gasteiger partial charge on any atom is 0.305 e. The molecule has 0 amide bonds. The first-order valence-corrected chi connectivity index (χ1v) is 11.6. The maximum absolute atomic E-state index is 12.2. The Kier molecular flexibility index (Phi) is 11.5. The molecule has 2 atom stereocenters. The molecule has 2 aliphatic heterocycles. The first kappa shape index (κ1) is 24.6. The molecule has 0 radical (unpaired) electrons. The van der Waals surface area contributed by atoms with Crippen LogP contribution in [0.5, 0.6) is 0 Å². The first-order valence-electron chi connectivity index (χ1n) is 11.6. The van der Waals surface area contributed by atoms with Gasteiger partial charge < -0.3 is 23.7 Å². The van der Waals surface area contributed by atoms with Gasteiger partial charge in [0.15, 0.2) is 0 Å². The lowest BCUT2D eigenvalue weighted by Crippen LogP contribution is -2.38. The van der Waals surface area contributed by atoms with E-state index in [1.807, 2.05) is 0 Å². The highest BCUT2D eigenvalue weighted by atomic mass is 16.6. The van der Waals surface area contributed by atoms with Crippen LogP contribution in [0.15, 0.2) is 0 Å². The Morgan fingerprint density at radius 1 is 0.931 bits per heavy atom. The number of hydrogen-bond acceptors (Lipinski definition) is 6. The van der Waals surface area contributed by atoms with Crippen LogP contribution >= 0.6 is 0 Å². The van der Waals surface area contributed by atoms with Gasteiger partial charge in [-0.25, -0.2) is 0 Å². The summed E-state index contributed by atoms with van der Waals surface area (Å²) in [6, 6.07) is 0. The van der Waals surface area contributed by atoms with E-state index in [1.54, 1.807) is 0 Å². The number of carbonyl (C=O) groups excluding carboxylic acids is 1. The Morgan fingerprint density at radius 2 is 1.48 bits per heavy atom. The van der Waals surface area contributed by atoms with Crippen molar-refractivity contribution < 1.29 is 28.5 Å². The van der Waals surface area contributed by atoms with Crippen LogP contribution in [0.25, 0.3) is 0 Å². The van der Waals surface area contributed by atoms with Crippen molar-refractivity contribution in [2.24, 2.45) is 11.3 Å². The summed E-state index contributed by atoms with van der Waals surface area (Å²) in [4.78, 5) is 12.2. The number of ether oxygens (including phenoxy) is 5. The summed E-state index contributed by atoms with van der Waals surface area (Å²) in [6.45, 7) is 10.7. The van der Waals surface area contributed by atoms with Crippen LogP contribution in [0, 0.1) is 11.3 Å². The molecule has 6 heteroatoms. The average molecular weight is 415 g/mol. The Bertz CT molecular complexity index is 427. The van der Waals surface area contributed by atoms with E-state index in [-0.39, 0.29) is 23.6 Å². The van der Waals surface area contributed by atoms with Crippen LogP contribution in [0.1, 0.15) is 72.1 Å².